The van der Waals surface area contributed by atoms with Crippen molar-refractivity contribution in [3.05, 3.63) is 30.4 Å². The summed E-state index contributed by atoms with van der Waals surface area (Å²) in [6.45, 7) is 2.17. The summed E-state index contributed by atoms with van der Waals surface area (Å²) in [4.78, 5) is 39.8. The number of amides is 1. The van der Waals surface area contributed by atoms with E-state index in [-0.39, 0.29) is 12.0 Å². The van der Waals surface area contributed by atoms with Crippen molar-refractivity contribution in [3.63, 3.8) is 0 Å². The van der Waals surface area contributed by atoms with Crippen molar-refractivity contribution in [3.8, 4) is 0 Å². The third-order valence-electron chi connectivity index (χ3n) is 6.73. The minimum absolute atomic E-state index is 0.145. The zero-order chi connectivity index (χ0) is 25.2. The number of carbonyl (C=O) groups excluding carboxylic acids is 1. The predicted octanol–water partition coefficient (Wildman–Crippen LogP) is 1.79. The first-order valence-corrected chi connectivity index (χ1v) is 13.6. The highest BCUT2D eigenvalue weighted by Crippen LogP contribution is 2.39. The summed E-state index contributed by atoms with van der Waals surface area (Å²) in [5.41, 5.74) is 1.12. The second kappa shape index (κ2) is 10.5. The molecule has 0 aromatic carbocycles. The van der Waals surface area contributed by atoms with Crippen molar-refractivity contribution in [2.45, 2.75) is 37.3 Å². The summed E-state index contributed by atoms with van der Waals surface area (Å²) in [6, 6.07) is 1.46. The van der Waals surface area contributed by atoms with Crippen molar-refractivity contribution < 1.29 is 9.53 Å². The number of hydrogen-bond acceptors (Lipinski definition) is 12. The fourth-order valence-corrected chi connectivity index (χ4v) is 5.48. The van der Waals surface area contributed by atoms with Crippen LogP contribution in [0.15, 0.2) is 24.7 Å². The van der Waals surface area contributed by atoms with Gasteiger partial charge in [-0.3, -0.25) is 14.9 Å². The van der Waals surface area contributed by atoms with Gasteiger partial charge in [0.2, 0.25) is 23.8 Å². The highest BCUT2D eigenvalue weighted by Gasteiger charge is 2.39. The molecule has 6 rings (SSSR count). The molecular formula is C23H29N11O2S. The van der Waals surface area contributed by atoms with Crippen molar-refractivity contribution >= 4 is 47.1 Å². The maximum atomic E-state index is 13.3. The van der Waals surface area contributed by atoms with Gasteiger partial charge >= 0.3 is 0 Å². The number of thioether (sulfide) groups is 1. The lowest BCUT2D eigenvalue weighted by atomic mass is 10.2. The minimum atomic E-state index is -0.543. The van der Waals surface area contributed by atoms with Crippen LogP contribution in [0.5, 0.6) is 0 Å². The topological polar surface area (TPSA) is 150 Å². The zero-order valence-electron chi connectivity index (χ0n) is 20.5. The van der Waals surface area contributed by atoms with E-state index < -0.39 is 6.04 Å². The molecule has 5 heterocycles. The first-order chi connectivity index (χ1) is 18.2. The number of aromatic nitrogens is 7. The van der Waals surface area contributed by atoms with Gasteiger partial charge in [-0.15, -0.1) is 0 Å². The summed E-state index contributed by atoms with van der Waals surface area (Å²) in [5.74, 6) is 4.80. The average molecular weight is 524 g/mol. The van der Waals surface area contributed by atoms with E-state index in [1.807, 2.05) is 22.7 Å². The summed E-state index contributed by atoms with van der Waals surface area (Å²) in [7, 11) is 1.65. The molecule has 3 aromatic rings. The Labute approximate surface area is 218 Å². The molecule has 3 aliphatic rings. The number of carbonyl (C=O) groups is 1. The Balaban J connectivity index is 1.30. The highest BCUT2D eigenvalue weighted by molar-refractivity contribution is 7.99. The van der Waals surface area contributed by atoms with Crippen LogP contribution in [0.2, 0.25) is 0 Å². The Kier molecular flexibility index (Phi) is 6.74. The molecule has 3 aromatic heterocycles. The molecule has 1 saturated carbocycles. The first kappa shape index (κ1) is 23.9. The predicted molar refractivity (Wildman–Crippen MR) is 140 cm³/mol. The van der Waals surface area contributed by atoms with Gasteiger partial charge in [0.05, 0.1) is 12.3 Å². The summed E-state index contributed by atoms with van der Waals surface area (Å²) in [5, 5.41) is 13.6. The van der Waals surface area contributed by atoms with Gasteiger partial charge in [0.25, 0.3) is 0 Å². The lowest BCUT2D eigenvalue weighted by Gasteiger charge is -2.28. The minimum Gasteiger partial charge on any atom is -0.380 e. The fourth-order valence-electron chi connectivity index (χ4n) is 4.57. The molecule has 13 nitrogen and oxygen atoms in total. The quantitative estimate of drug-likeness (QED) is 0.395. The smallest absolute Gasteiger partial charge is 0.248 e. The van der Waals surface area contributed by atoms with E-state index in [0.29, 0.717) is 48.4 Å². The van der Waals surface area contributed by atoms with Gasteiger partial charge in [0.1, 0.15) is 6.04 Å². The van der Waals surface area contributed by atoms with Crippen LogP contribution in [0.25, 0.3) is 0 Å². The summed E-state index contributed by atoms with van der Waals surface area (Å²) >= 11 is 1.92. The Bertz CT molecular complexity index is 1230. The van der Waals surface area contributed by atoms with Gasteiger partial charge in [-0.1, -0.05) is 0 Å². The summed E-state index contributed by atoms with van der Waals surface area (Å²) < 4.78 is 5.63. The van der Waals surface area contributed by atoms with E-state index in [1.165, 1.54) is 25.2 Å². The van der Waals surface area contributed by atoms with Gasteiger partial charge < -0.3 is 25.2 Å². The number of methoxy groups -OCH3 is 1. The molecule has 14 heteroatoms. The molecule has 2 aliphatic heterocycles. The van der Waals surface area contributed by atoms with Crippen molar-refractivity contribution in [1.82, 2.24) is 35.1 Å². The largest absolute Gasteiger partial charge is 0.380 e. The van der Waals surface area contributed by atoms with Crippen LogP contribution in [0.3, 0.4) is 0 Å². The molecule has 37 heavy (non-hydrogen) atoms. The zero-order valence-corrected chi connectivity index (χ0v) is 21.3. The Morgan fingerprint density at radius 1 is 1.14 bits per heavy atom. The molecule has 0 spiro atoms. The van der Waals surface area contributed by atoms with E-state index in [1.54, 1.807) is 13.3 Å². The molecule has 3 fully saturated rings. The maximum Gasteiger partial charge on any atom is 0.248 e. The van der Waals surface area contributed by atoms with Crippen molar-refractivity contribution in [1.29, 1.82) is 0 Å². The average Bonchev–Trinajstić information content (AvgIpc) is 3.52. The number of hydrogen-bond donors (Lipinski definition) is 3. The van der Waals surface area contributed by atoms with E-state index in [0.717, 1.165) is 30.3 Å². The van der Waals surface area contributed by atoms with Crippen LogP contribution in [0.4, 0.5) is 29.5 Å². The molecule has 1 amide bonds. The monoisotopic (exact) mass is 523 g/mol. The van der Waals surface area contributed by atoms with Crippen molar-refractivity contribution in [2.24, 2.45) is 0 Å². The second-order valence-corrected chi connectivity index (χ2v) is 10.5. The maximum absolute atomic E-state index is 13.3. The van der Waals surface area contributed by atoms with Gasteiger partial charge in [0.15, 0.2) is 11.6 Å². The third-order valence-corrected chi connectivity index (χ3v) is 7.67. The number of nitrogens with one attached hydrogen (secondary N) is 3. The Hall–Kier alpha value is -3.52. The van der Waals surface area contributed by atoms with Crippen LogP contribution in [0, 0.1) is 0 Å². The standard InChI is InChI=1S/C23H29N11O2S/c1-36-15-10-17(20(35)26-19-12-24-4-5-25-19)34(13-15)23-29-21(27-18-11-16(31-32-18)14-2-3-14)28-22(30-23)33-6-8-37-9-7-33/h4-5,11-12,14-15,17H,2-3,6-10,13H2,1H3,(H,25,26,35)(H2,27,28,29,30,31,32)/t15-,17-/m0/s1. The van der Waals surface area contributed by atoms with E-state index in [9.17, 15) is 4.79 Å². The lowest BCUT2D eigenvalue weighted by Crippen LogP contribution is -2.41. The Morgan fingerprint density at radius 3 is 2.73 bits per heavy atom. The van der Waals surface area contributed by atoms with Crippen LogP contribution in [-0.4, -0.2) is 91.4 Å². The number of rotatable bonds is 8. The van der Waals surface area contributed by atoms with Crippen LogP contribution in [0.1, 0.15) is 30.9 Å². The van der Waals surface area contributed by atoms with Gasteiger partial charge in [-0.25, -0.2) is 4.98 Å². The molecule has 194 valence electrons. The second-order valence-electron chi connectivity index (χ2n) is 9.31. The SMILES string of the molecule is CO[C@H]1C[C@@H](C(=O)Nc2cnccn2)N(c2nc(Nc3cc(C4CC4)[nH]n3)nc(N3CCSCC3)n2)C1. The van der Waals surface area contributed by atoms with E-state index >= 15 is 0 Å². The molecule has 0 unspecified atom stereocenters. The lowest BCUT2D eigenvalue weighted by molar-refractivity contribution is -0.117. The Morgan fingerprint density at radius 2 is 1.97 bits per heavy atom. The van der Waals surface area contributed by atoms with Gasteiger partial charge in [0, 0.05) is 74.7 Å². The number of anilines is 5. The molecule has 0 bridgehead atoms. The van der Waals surface area contributed by atoms with Crippen LogP contribution in [-0.2, 0) is 9.53 Å². The van der Waals surface area contributed by atoms with E-state index in [4.69, 9.17) is 19.7 Å². The molecule has 2 atom stereocenters. The normalized spacial score (nSPS) is 21.8. The van der Waals surface area contributed by atoms with Crippen molar-refractivity contribution in [2.75, 3.05) is 58.7 Å². The number of aromatic amines is 1. The third kappa shape index (κ3) is 5.44. The van der Waals surface area contributed by atoms with Crippen LogP contribution >= 0.6 is 11.8 Å². The summed E-state index contributed by atoms with van der Waals surface area (Å²) in [6.07, 6.45) is 7.33. The molecule has 2 saturated heterocycles. The molecule has 0 radical (unpaired) electrons. The number of H-pyrrole nitrogens is 1. The molecule has 1 aliphatic carbocycles. The molecule has 3 N–H and O–H groups in total. The number of nitrogens with zero attached hydrogens (tertiary/aromatic N) is 8. The van der Waals surface area contributed by atoms with Gasteiger partial charge in [-0.05, 0) is 12.8 Å². The van der Waals surface area contributed by atoms with E-state index in [2.05, 4.69) is 35.7 Å². The molecular weight excluding hydrogens is 494 g/mol. The fraction of sp³-hybridized carbons (Fsp3) is 0.522. The highest BCUT2D eigenvalue weighted by atomic mass is 32.2. The number of ether oxygens (including phenoxy) is 1. The van der Waals surface area contributed by atoms with Gasteiger partial charge in [-0.2, -0.15) is 31.8 Å². The van der Waals surface area contributed by atoms with Crippen LogP contribution < -0.4 is 20.4 Å². The first-order valence-electron chi connectivity index (χ1n) is 12.4.